The fourth-order valence-corrected chi connectivity index (χ4v) is 2.10. The Morgan fingerprint density at radius 3 is 1.97 bits per heavy atom. The van der Waals surface area contributed by atoms with Crippen molar-refractivity contribution in [3.05, 3.63) is 25.4 Å². The molecule has 16 heteroatoms. The predicted octanol–water partition coefficient (Wildman–Crippen LogP) is 2.15. The van der Waals surface area contributed by atoms with Crippen molar-refractivity contribution in [1.29, 1.82) is 0 Å². The molecule has 1 unspecified atom stereocenters. The molecular formula is C13H14F7NO7S. The molecule has 0 aromatic carbocycles. The van der Waals surface area contributed by atoms with Crippen molar-refractivity contribution >= 4 is 22.0 Å². The van der Waals surface area contributed by atoms with E-state index in [2.05, 4.69) is 22.6 Å². The number of ether oxygens (including phenoxy) is 2. The summed E-state index contributed by atoms with van der Waals surface area (Å²) < 4.78 is 130. The first-order valence-corrected chi connectivity index (χ1v) is 8.54. The van der Waals surface area contributed by atoms with E-state index in [1.807, 2.05) is 0 Å². The van der Waals surface area contributed by atoms with Crippen LogP contribution in [0.3, 0.4) is 0 Å². The third kappa shape index (κ3) is 5.89. The number of hydrogen-bond donors (Lipinski definition) is 2. The molecule has 0 radical (unpaired) electrons. The molecule has 2 N–H and O–H groups in total. The lowest BCUT2D eigenvalue weighted by Crippen LogP contribution is -2.60. The number of carbonyl (C=O) groups excluding carboxylic acids is 2. The number of alkyl halides is 7. The molecule has 0 saturated heterocycles. The average Bonchev–Trinajstić information content (AvgIpc) is 2.55. The molecule has 1 amide bonds. The topological polar surface area (TPSA) is 119 Å². The van der Waals surface area contributed by atoms with Gasteiger partial charge in [0.05, 0.1) is 6.61 Å². The zero-order valence-electron chi connectivity index (χ0n) is 14.1. The molecule has 0 fully saturated rings. The largest absolute Gasteiger partial charge is 0.466 e. The van der Waals surface area contributed by atoms with E-state index >= 15 is 0 Å². The third-order valence-electron chi connectivity index (χ3n) is 3.01. The van der Waals surface area contributed by atoms with Crippen LogP contribution in [0.4, 0.5) is 30.7 Å². The number of amides is 1. The van der Waals surface area contributed by atoms with Crippen LogP contribution < -0.4 is 5.32 Å². The lowest BCUT2D eigenvalue weighted by molar-refractivity contribution is -0.347. The van der Waals surface area contributed by atoms with Gasteiger partial charge in [-0.25, -0.2) is 4.79 Å². The van der Waals surface area contributed by atoms with E-state index in [9.17, 15) is 48.7 Å². The molecule has 8 nitrogen and oxygen atoms in total. The number of hydrogen-bond acceptors (Lipinski definition) is 6. The number of rotatable bonds is 11. The maximum atomic E-state index is 13.3. The van der Waals surface area contributed by atoms with Crippen molar-refractivity contribution in [1.82, 2.24) is 5.32 Å². The van der Waals surface area contributed by atoms with Crippen LogP contribution in [-0.2, 0) is 29.2 Å². The Balaban J connectivity index is 5.59. The normalized spacial score (nSPS) is 15.2. The molecule has 0 rings (SSSR count). The van der Waals surface area contributed by atoms with Crippen LogP contribution in [0.15, 0.2) is 25.4 Å². The van der Waals surface area contributed by atoms with Gasteiger partial charge in [-0.15, -0.1) is 0 Å². The minimum Gasteiger partial charge on any atom is -0.412 e. The number of halogens is 7. The Bertz CT molecular complexity index is 751. The molecule has 0 aromatic heterocycles. The SMILES string of the molecule is C=CNC(=O)C(OCCCC(F)(F)C(F)(F)S(=O)(=O)O)(OC(=O)C=C)C(F)(F)F. The molecule has 0 aliphatic carbocycles. The van der Waals surface area contributed by atoms with Gasteiger partial charge in [0.25, 0.3) is 0 Å². The summed E-state index contributed by atoms with van der Waals surface area (Å²) >= 11 is 0. The molecule has 0 aliphatic heterocycles. The van der Waals surface area contributed by atoms with Crippen LogP contribution >= 0.6 is 0 Å². The summed E-state index contributed by atoms with van der Waals surface area (Å²) in [4.78, 5) is 22.9. The van der Waals surface area contributed by atoms with Crippen molar-refractivity contribution in [3.63, 3.8) is 0 Å². The Kier molecular flexibility index (Phi) is 8.39. The van der Waals surface area contributed by atoms with Gasteiger partial charge in [0.15, 0.2) is 0 Å². The predicted molar refractivity (Wildman–Crippen MR) is 80.0 cm³/mol. The van der Waals surface area contributed by atoms with Crippen LogP contribution in [-0.4, -0.2) is 54.6 Å². The summed E-state index contributed by atoms with van der Waals surface area (Å²) in [7, 11) is -6.55. The van der Waals surface area contributed by atoms with Crippen molar-refractivity contribution < 1.29 is 62.8 Å². The average molecular weight is 461 g/mol. The highest BCUT2D eigenvalue weighted by atomic mass is 32.2. The Labute approximate surface area is 159 Å². The quantitative estimate of drug-likeness (QED) is 0.121. The molecule has 168 valence electrons. The van der Waals surface area contributed by atoms with Crippen LogP contribution in [0, 0.1) is 0 Å². The minimum atomic E-state index is -6.55. The number of carbonyl (C=O) groups is 2. The van der Waals surface area contributed by atoms with Gasteiger partial charge in [-0.05, 0) is 12.6 Å². The van der Waals surface area contributed by atoms with Gasteiger partial charge in [-0.2, -0.15) is 39.2 Å². The Morgan fingerprint density at radius 2 is 1.59 bits per heavy atom. The second-order valence-corrected chi connectivity index (χ2v) is 6.53. The van der Waals surface area contributed by atoms with Gasteiger partial charge in [0, 0.05) is 12.5 Å². The molecule has 0 heterocycles. The van der Waals surface area contributed by atoms with Gasteiger partial charge in [-0.1, -0.05) is 13.2 Å². The first-order valence-electron chi connectivity index (χ1n) is 7.10. The molecule has 0 aromatic rings. The Morgan fingerprint density at radius 1 is 1.07 bits per heavy atom. The Hall–Kier alpha value is -2.20. The lowest BCUT2D eigenvalue weighted by atomic mass is 10.2. The van der Waals surface area contributed by atoms with E-state index in [1.165, 1.54) is 5.32 Å². The maximum Gasteiger partial charge on any atom is 0.466 e. The van der Waals surface area contributed by atoms with Crippen LogP contribution in [0.5, 0.6) is 0 Å². The summed E-state index contributed by atoms with van der Waals surface area (Å²) in [6, 6.07) is 0. The first kappa shape index (κ1) is 26.8. The second kappa shape index (κ2) is 9.08. The standard InChI is InChI=1S/C13H14F7NO7S/c1-3-8(22)28-11(12(16,17)18,9(23)21-4-2)27-7-5-6-10(14,15)13(19,20)29(24,25)26/h3-4H,1-2,5-7H2,(H,21,23)(H,24,25,26). The van der Waals surface area contributed by atoms with Gasteiger partial charge < -0.3 is 14.8 Å². The van der Waals surface area contributed by atoms with Gasteiger partial charge in [0.2, 0.25) is 0 Å². The highest BCUT2D eigenvalue weighted by Crippen LogP contribution is 2.42. The monoisotopic (exact) mass is 461 g/mol. The fourth-order valence-electron chi connectivity index (χ4n) is 1.63. The highest BCUT2D eigenvalue weighted by Gasteiger charge is 2.67. The summed E-state index contributed by atoms with van der Waals surface area (Å²) in [5.41, 5.74) is 0. The minimum absolute atomic E-state index is 0.214. The summed E-state index contributed by atoms with van der Waals surface area (Å²) in [6.45, 7) is 4.16. The molecule has 0 bridgehead atoms. The zero-order chi connectivity index (χ0) is 23.3. The molecule has 0 spiro atoms. The van der Waals surface area contributed by atoms with E-state index in [0.29, 0.717) is 6.20 Å². The smallest absolute Gasteiger partial charge is 0.412 e. The van der Waals surface area contributed by atoms with E-state index in [4.69, 9.17) is 4.55 Å². The first-order chi connectivity index (χ1) is 12.9. The third-order valence-corrected chi connectivity index (χ3v) is 3.95. The van der Waals surface area contributed by atoms with Gasteiger partial charge in [-0.3, -0.25) is 9.35 Å². The number of nitrogens with one attached hydrogen (secondary N) is 1. The van der Waals surface area contributed by atoms with Crippen LogP contribution in [0.25, 0.3) is 0 Å². The summed E-state index contributed by atoms with van der Waals surface area (Å²) in [6.07, 6.45) is -8.60. The summed E-state index contributed by atoms with van der Waals surface area (Å²) in [5.74, 6) is -13.8. The van der Waals surface area contributed by atoms with E-state index < -0.39 is 64.6 Å². The van der Waals surface area contributed by atoms with Crippen molar-refractivity contribution in [2.24, 2.45) is 0 Å². The molecule has 0 saturated carbocycles. The zero-order valence-corrected chi connectivity index (χ0v) is 15.0. The van der Waals surface area contributed by atoms with Gasteiger partial charge in [0.1, 0.15) is 0 Å². The fraction of sp³-hybridized carbons (Fsp3) is 0.538. The molecular weight excluding hydrogens is 447 g/mol. The molecule has 29 heavy (non-hydrogen) atoms. The van der Waals surface area contributed by atoms with Crippen molar-refractivity contribution in [2.45, 2.75) is 36.0 Å². The van der Waals surface area contributed by atoms with Gasteiger partial charge >= 0.3 is 45.1 Å². The van der Waals surface area contributed by atoms with Crippen molar-refractivity contribution in [3.8, 4) is 0 Å². The molecule has 0 aliphatic rings. The molecule has 1 atom stereocenters. The van der Waals surface area contributed by atoms with E-state index in [0.717, 1.165) is 0 Å². The second-order valence-electron chi connectivity index (χ2n) is 5.07. The van der Waals surface area contributed by atoms with Crippen LogP contribution in [0.2, 0.25) is 0 Å². The maximum absolute atomic E-state index is 13.3. The highest BCUT2D eigenvalue weighted by molar-refractivity contribution is 7.87. The van der Waals surface area contributed by atoms with E-state index in [1.54, 1.807) is 0 Å². The van der Waals surface area contributed by atoms with E-state index in [-0.39, 0.29) is 6.08 Å². The number of esters is 1. The van der Waals surface area contributed by atoms with Crippen LogP contribution in [0.1, 0.15) is 12.8 Å². The van der Waals surface area contributed by atoms with Crippen molar-refractivity contribution in [2.75, 3.05) is 6.61 Å². The summed E-state index contributed by atoms with van der Waals surface area (Å²) in [5, 5.41) is -4.54. The lowest BCUT2D eigenvalue weighted by Gasteiger charge is -2.32.